The minimum absolute atomic E-state index is 0.528. The van der Waals surface area contributed by atoms with Crippen LogP contribution in [0.5, 0.6) is 0 Å². The van der Waals surface area contributed by atoms with Gasteiger partial charge in [0.15, 0.2) is 0 Å². The Morgan fingerprint density at radius 1 is 1.43 bits per heavy atom. The van der Waals surface area contributed by atoms with Gasteiger partial charge in [-0.05, 0) is 36.6 Å². The quantitative estimate of drug-likeness (QED) is 0.678. The molecular weight excluding hydrogens is 172 g/mol. The molecule has 0 fully saturated rings. The Kier molecular flexibility index (Phi) is 3.72. The van der Waals surface area contributed by atoms with Crippen molar-refractivity contribution < 1.29 is 0 Å². The number of hydrogen-bond donors (Lipinski definition) is 1. The van der Waals surface area contributed by atoms with E-state index < -0.39 is 0 Å². The maximum atomic E-state index is 5.78. The van der Waals surface area contributed by atoms with Gasteiger partial charge in [0.25, 0.3) is 0 Å². The van der Waals surface area contributed by atoms with Crippen LogP contribution in [-0.4, -0.2) is 5.01 Å². The van der Waals surface area contributed by atoms with E-state index in [1.807, 2.05) is 24.4 Å². The van der Waals surface area contributed by atoms with E-state index in [0.717, 1.165) is 5.70 Å². The molecule has 76 valence electrons. The minimum Gasteiger partial charge on any atom is -0.287 e. The first-order chi connectivity index (χ1) is 6.65. The second kappa shape index (κ2) is 4.82. The SMILES string of the molecule is C/C=C(\C=C1\C=CC=CN1N)C(C)C. The first-order valence-corrected chi connectivity index (χ1v) is 4.92. The molecule has 2 nitrogen and oxygen atoms in total. The second-order valence-electron chi connectivity index (χ2n) is 3.62. The molecule has 14 heavy (non-hydrogen) atoms. The van der Waals surface area contributed by atoms with E-state index in [1.54, 1.807) is 5.01 Å². The van der Waals surface area contributed by atoms with Crippen LogP contribution in [0.1, 0.15) is 20.8 Å². The summed E-state index contributed by atoms with van der Waals surface area (Å²) in [6, 6.07) is 0. The van der Waals surface area contributed by atoms with E-state index in [1.165, 1.54) is 5.57 Å². The molecule has 0 spiro atoms. The second-order valence-corrected chi connectivity index (χ2v) is 3.62. The summed E-state index contributed by atoms with van der Waals surface area (Å²) in [6.45, 7) is 6.40. The number of hydrazine groups is 1. The van der Waals surface area contributed by atoms with Gasteiger partial charge in [0.1, 0.15) is 0 Å². The first-order valence-electron chi connectivity index (χ1n) is 4.92. The Morgan fingerprint density at radius 3 is 2.64 bits per heavy atom. The molecule has 0 atom stereocenters. The third kappa shape index (κ3) is 2.60. The normalized spacial score (nSPS) is 19.9. The number of allylic oxidation sites excluding steroid dienone is 6. The van der Waals surface area contributed by atoms with Crippen LogP contribution in [0.25, 0.3) is 0 Å². The average molecular weight is 190 g/mol. The predicted octanol–water partition coefficient (Wildman–Crippen LogP) is 2.73. The standard InChI is InChI=1S/C12H18N2/c1-4-11(10(2)3)9-12-7-5-6-8-14(12)13/h4-10H,13H2,1-3H3/b11-4+,12-9-. The molecule has 1 rings (SSSR count). The van der Waals surface area contributed by atoms with Crippen molar-refractivity contribution in [2.45, 2.75) is 20.8 Å². The zero-order valence-corrected chi connectivity index (χ0v) is 9.07. The fourth-order valence-electron chi connectivity index (χ4n) is 1.35. The molecule has 0 saturated heterocycles. The highest BCUT2D eigenvalue weighted by molar-refractivity contribution is 5.34. The molecule has 1 aliphatic rings. The fraction of sp³-hybridized carbons (Fsp3) is 0.333. The third-order valence-electron chi connectivity index (χ3n) is 2.24. The smallest absolute Gasteiger partial charge is 0.0570 e. The number of hydrogen-bond acceptors (Lipinski definition) is 2. The molecule has 1 heterocycles. The highest BCUT2D eigenvalue weighted by Gasteiger charge is 2.04. The van der Waals surface area contributed by atoms with Gasteiger partial charge in [0.05, 0.1) is 5.70 Å². The topological polar surface area (TPSA) is 29.3 Å². The Hall–Kier alpha value is -1.28. The monoisotopic (exact) mass is 190 g/mol. The summed E-state index contributed by atoms with van der Waals surface area (Å²) in [4.78, 5) is 0. The number of nitrogens with zero attached hydrogens (tertiary/aromatic N) is 1. The molecule has 0 radical (unpaired) electrons. The molecule has 0 bridgehead atoms. The van der Waals surface area contributed by atoms with Crippen LogP contribution >= 0.6 is 0 Å². The first kappa shape index (κ1) is 10.8. The fourth-order valence-corrected chi connectivity index (χ4v) is 1.35. The summed E-state index contributed by atoms with van der Waals surface area (Å²) in [5.41, 5.74) is 2.32. The Balaban J connectivity index is 2.87. The van der Waals surface area contributed by atoms with Crippen molar-refractivity contribution in [1.82, 2.24) is 5.01 Å². The van der Waals surface area contributed by atoms with Gasteiger partial charge in [-0.3, -0.25) is 5.01 Å². The van der Waals surface area contributed by atoms with Crippen molar-refractivity contribution in [3.05, 3.63) is 47.9 Å². The van der Waals surface area contributed by atoms with Gasteiger partial charge in [-0.15, -0.1) is 0 Å². The molecule has 0 aromatic carbocycles. The van der Waals surface area contributed by atoms with E-state index in [0.29, 0.717) is 5.92 Å². The Morgan fingerprint density at radius 2 is 2.14 bits per heavy atom. The maximum Gasteiger partial charge on any atom is 0.0570 e. The molecule has 0 saturated carbocycles. The minimum atomic E-state index is 0.528. The molecule has 0 aromatic heterocycles. The van der Waals surface area contributed by atoms with Crippen LogP contribution < -0.4 is 5.84 Å². The summed E-state index contributed by atoms with van der Waals surface area (Å²) in [5.74, 6) is 6.31. The molecule has 1 aliphatic heterocycles. The third-order valence-corrected chi connectivity index (χ3v) is 2.24. The summed E-state index contributed by atoms with van der Waals surface area (Å²) in [5, 5.41) is 1.63. The van der Waals surface area contributed by atoms with Crippen LogP contribution in [0, 0.1) is 5.92 Å². The summed E-state index contributed by atoms with van der Waals surface area (Å²) in [6.07, 6.45) is 12.0. The predicted molar refractivity (Wildman–Crippen MR) is 61.0 cm³/mol. The van der Waals surface area contributed by atoms with Crippen LogP contribution in [-0.2, 0) is 0 Å². The summed E-state index contributed by atoms with van der Waals surface area (Å²) < 4.78 is 0. The van der Waals surface area contributed by atoms with Crippen LogP contribution in [0.3, 0.4) is 0 Å². The molecule has 2 N–H and O–H groups in total. The molecule has 0 amide bonds. The zero-order chi connectivity index (χ0) is 10.6. The van der Waals surface area contributed by atoms with E-state index in [2.05, 4.69) is 32.9 Å². The molecular formula is C12H18N2. The van der Waals surface area contributed by atoms with Gasteiger partial charge in [-0.2, -0.15) is 0 Å². The Bertz CT molecular complexity index is 306. The number of rotatable bonds is 2. The van der Waals surface area contributed by atoms with Gasteiger partial charge in [0.2, 0.25) is 0 Å². The summed E-state index contributed by atoms with van der Waals surface area (Å²) >= 11 is 0. The highest BCUT2D eigenvalue weighted by atomic mass is 15.4. The lowest BCUT2D eigenvalue weighted by atomic mass is 10.0. The van der Waals surface area contributed by atoms with Crippen molar-refractivity contribution in [2.75, 3.05) is 0 Å². The maximum absolute atomic E-state index is 5.78. The van der Waals surface area contributed by atoms with Gasteiger partial charge in [0, 0.05) is 6.20 Å². The van der Waals surface area contributed by atoms with Crippen molar-refractivity contribution in [2.24, 2.45) is 11.8 Å². The van der Waals surface area contributed by atoms with Crippen molar-refractivity contribution in [3.8, 4) is 0 Å². The van der Waals surface area contributed by atoms with E-state index >= 15 is 0 Å². The van der Waals surface area contributed by atoms with E-state index in [-0.39, 0.29) is 0 Å². The lowest BCUT2D eigenvalue weighted by Crippen LogP contribution is -2.24. The van der Waals surface area contributed by atoms with E-state index in [4.69, 9.17) is 5.84 Å². The molecule has 0 aromatic rings. The van der Waals surface area contributed by atoms with Crippen molar-refractivity contribution in [3.63, 3.8) is 0 Å². The van der Waals surface area contributed by atoms with Crippen LogP contribution in [0.2, 0.25) is 0 Å². The molecule has 2 heteroatoms. The highest BCUT2D eigenvalue weighted by Crippen LogP contribution is 2.16. The lowest BCUT2D eigenvalue weighted by Gasteiger charge is -2.18. The largest absolute Gasteiger partial charge is 0.287 e. The van der Waals surface area contributed by atoms with Gasteiger partial charge < -0.3 is 0 Å². The lowest BCUT2D eigenvalue weighted by molar-refractivity contribution is 0.503. The summed E-state index contributed by atoms with van der Waals surface area (Å²) in [7, 11) is 0. The van der Waals surface area contributed by atoms with E-state index in [9.17, 15) is 0 Å². The number of nitrogens with two attached hydrogens (primary N) is 1. The molecule has 0 unspecified atom stereocenters. The van der Waals surface area contributed by atoms with Crippen molar-refractivity contribution in [1.29, 1.82) is 0 Å². The van der Waals surface area contributed by atoms with Gasteiger partial charge in [-0.25, -0.2) is 5.84 Å². The van der Waals surface area contributed by atoms with Crippen LogP contribution in [0.4, 0.5) is 0 Å². The van der Waals surface area contributed by atoms with Gasteiger partial charge >= 0.3 is 0 Å². The van der Waals surface area contributed by atoms with Crippen LogP contribution in [0.15, 0.2) is 47.9 Å². The Labute approximate surface area is 86.1 Å². The van der Waals surface area contributed by atoms with Gasteiger partial charge in [-0.1, -0.05) is 26.0 Å². The molecule has 0 aliphatic carbocycles. The zero-order valence-electron chi connectivity index (χ0n) is 9.07. The van der Waals surface area contributed by atoms with Crippen molar-refractivity contribution >= 4 is 0 Å². The average Bonchev–Trinajstić information content (AvgIpc) is 2.16.